The first kappa shape index (κ1) is 17.7. The number of anilines is 1. The fourth-order valence-corrected chi connectivity index (χ4v) is 2.57. The van der Waals surface area contributed by atoms with Gasteiger partial charge in [0.05, 0.1) is 5.02 Å². The van der Waals surface area contributed by atoms with E-state index >= 15 is 0 Å². The zero-order valence-corrected chi connectivity index (χ0v) is 13.8. The lowest BCUT2D eigenvalue weighted by atomic mass is 9.99. The summed E-state index contributed by atoms with van der Waals surface area (Å²) in [7, 11) is 0. The van der Waals surface area contributed by atoms with Gasteiger partial charge in [0.2, 0.25) is 0 Å². The van der Waals surface area contributed by atoms with Crippen LogP contribution in [-0.4, -0.2) is 28.9 Å². The number of carbonyl (C=O) groups excluding carboxylic acids is 1. The summed E-state index contributed by atoms with van der Waals surface area (Å²) in [5.74, 6) is -0.885. The number of hydrogen-bond donors (Lipinski definition) is 3. The Balaban J connectivity index is 2.60. The Kier molecular flexibility index (Phi) is 6.36. The number of aliphatic carboxylic acids is 1. The molecule has 7 heteroatoms. The number of amides is 2. The molecule has 0 bridgehead atoms. The predicted molar refractivity (Wildman–Crippen MR) is 86.3 cm³/mol. The van der Waals surface area contributed by atoms with Crippen molar-refractivity contribution in [1.29, 1.82) is 0 Å². The van der Waals surface area contributed by atoms with Crippen LogP contribution < -0.4 is 10.6 Å². The number of carboxylic acids is 1. The molecule has 1 aromatic carbocycles. The molecule has 0 spiro atoms. The second-order valence-corrected chi connectivity index (χ2v) is 6.46. The van der Waals surface area contributed by atoms with Crippen molar-refractivity contribution in [3.8, 4) is 0 Å². The minimum absolute atomic E-state index is 0.00152. The lowest BCUT2D eigenvalue weighted by molar-refractivity contribution is -0.137. The van der Waals surface area contributed by atoms with E-state index < -0.39 is 17.5 Å². The topological polar surface area (TPSA) is 78.4 Å². The summed E-state index contributed by atoms with van der Waals surface area (Å²) in [6.45, 7) is 3.55. The fraction of sp³-hybridized carbons (Fsp3) is 0.429. The van der Waals surface area contributed by atoms with Crippen LogP contribution in [0.25, 0.3) is 0 Å². The van der Waals surface area contributed by atoms with Crippen LogP contribution in [0.15, 0.2) is 23.1 Å². The molecule has 2 amide bonds. The number of nitrogens with one attached hydrogen (secondary N) is 2. The highest BCUT2D eigenvalue weighted by Crippen LogP contribution is 2.28. The summed E-state index contributed by atoms with van der Waals surface area (Å²) in [6, 6.07) is 4.88. The van der Waals surface area contributed by atoms with E-state index in [1.165, 1.54) is 11.8 Å². The Morgan fingerprint density at radius 1 is 1.38 bits per heavy atom. The van der Waals surface area contributed by atoms with Crippen molar-refractivity contribution in [2.45, 2.75) is 37.1 Å². The molecular formula is C14H19ClN2O3S. The maximum atomic E-state index is 11.9. The zero-order chi connectivity index (χ0) is 16.0. The number of urea groups is 1. The molecule has 0 aliphatic rings. The van der Waals surface area contributed by atoms with Gasteiger partial charge >= 0.3 is 12.0 Å². The van der Waals surface area contributed by atoms with Gasteiger partial charge in [-0.25, -0.2) is 4.79 Å². The van der Waals surface area contributed by atoms with E-state index in [1.54, 1.807) is 26.0 Å². The SMILES string of the molecule is CSc1ccc(NC(=O)NC(C)(C)CCC(=O)O)cc1Cl. The molecule has 21 heavy (non-hydrogen) atoms. The average molecular weight is 331 g/mol. The molecule has 0 aromatic heterocycles. The van der Waals surface area contributed by atoms with Crippen LogP contribution >= 0.6 is 23.4 Å². The van der Waals surface area contributed by atoms with Crippen LogP contribution in [0.1, 0.15) is 26.7 Å². The average Bonchev–Trinajstić information content (AvgIpc) is 2.36. The molecule has 0 saturated carbocycles. The Bertz CT molecular complexity index is 535. The minimum atomic E-state index is -0.885. The fourth-order valence-electron chi connectivity index (χ4n) is 1.70. The van der Waals surface area contributed by atoms with Gasteiger partial charge in [0, 0.05) is 22.5 Å². The summed E-state index contributed by atoms with van der Waals surface area (Å²) in [6.07, 6.45) is 2.27. The van der Waals surface area contributed by atoms with Crippen LogP contribution in [0, 0.1) is 0 Å². The van der Waals surface area contributed by atoms with Crippen LogP contribution in [-0.2, 0) is 4.79 Å². The number of hydrogen-bond acceptors (Lipinski definition) is 3. The third-order valence-corrected chi connectivity index (χ3v) is 4.05. The van der Waals surface area contributed by atoms with Gasteiger partial charge in [-0.3, -0.25) is 4.79 Å². The molecule has 0 aliphatic carbocycles. The third-order valence-electron chi connectivity index (χ3n) is 2.83. The van der Waals surface area contributed by atoms with Gasteiger partial charge in [0.25, 0.3) is 0 Å². The molecule has 1 aromatic rings. The summed E-state index contributed by atoms with van der Waals surface area (Å²) < 4.78 is 0. The van der Waals surface area contributed by atoms with E-state index in [2.05, 4.69) is 10.6 Å². The van der Waals surface area contributed by atoms with E-state index in [1.807, 2.05) is 12.3 Å². The van der Waals surface area contributed by atoms with Crippen molar-refractivity contribution in [3.05, 3.63) is 23.2 Å². The first-order valence-electron chi connectivity index (χ1n) is 6.38. The molecule has 0 heterocycles. The highest BCUT2D eigenvalue weighted by molar-refractivity contribution is 7.98. The maximum Gasteiger partial charge on any atom is 0.319 e. The Hall–Kier alpha value is -1.40. The van der Waals surface area contributed by atoms with E-state index in [0.29, 0.717) is 17.1 Å². The largest absolute Gasteiger partial charge is 0.481 e. The highest BCUT2D eigenvalue weighted by atomic mass is 35.5. The van der Waals surface area contributed by atoms with Gasteiger partial charge in [0.15, 0.2) is 0 Å². The zero-order valence-electron chi connectivity index (χ0n) is 12.2. The van der Waals surface area contributed by atoms with Gasteiger partial charge in [-0.15, -0.1) is 11.8 Å². The van der Waals surface area contributed by atoms with Gasteiger partial charge in [0.1, 0.15) is 0 Å². The summed E-state index contributed by atoms with van der Waals surface area (Å²) in [5.41, 5.74) is -0.0183. The molecule has 3 N–H and O–H groups in total. The number of thioether (sulfide) groups is 1. The molecular weight excluding hydrogens is 312 g/mol. The predicted octanol–water partition coefficient (Wildman–Crippen LogP) is 3.83. The normalized spacial score (nSPS) is 11.0. The van der Waals surface area contributed by atoms with Crippen molar-refractivity contribution < 1.29 is 14.7 Å². The molecule has 1 rings (SSSR count). The molecule has 5 nitrogen and oxygen atoms in total. The quantitative estimate of drug-likeness (QED) is 0.693. The number of carbonyl (C=O) groups is 2. The smallest absolute Gasteiger partial charge is 0.319 e. The molecule has 0 fully saturated rings. The van der Waals surface area contributed by atoms with Gasteiger partial charge < -0.3 is 15.7 Å². The number of halogens is 1. The first-order valence-corrected chi connectivity index (χ1v) is 7.98. The van der Waals surface area contributed by atoms with Crippen LogP contribution in [0.2, 0.25) is 5.02 Å². The molecule has 0 unspecified atom stereocenters. The summed E-state index contributed by atoms with van der Waals surface area (Å²) >= 11 is 7.60. The van der Waals surface area contributed by atoms with Crippen LogP contribution in [0.4, 0.5) is 10.5 Å². The molecule has 0 aliphatic heterocycles. The van der Waals surface area contributed by atoms with Gasteiger partial charge in [-0.1, -0.05) is 11.6 Å². The monoisotopic (exact) mass is 330 g/mol. The van der Waals surface area contributed by atoms with E-state index in [0.717, 1.165) is 4.90 Å². The van der Waals surface area contributed by atoms with Crippen molar-refractivity contribution in [3.63, 3.8) is 0 Å². The van der Waals surface area contributed by atoms with Crippen LogP contribution in [0.5, 0.6) is 0 Å². The Morgan fingerprint density at radius 3 is 2.57 bits per heavy atom. The lowest BCUT2D eigenvalue weighted by Crippen LogP contribution is -2.45. The van der Waals surface area contributed by atoms with Gasteiger partial charge in [-0.2, -0.15) is 0 Å². The highest BCUT2D eigenvalue weighted by Gasteiger charge is 2.21. The van der Waals surface area contributed by atoms with Crippen molar-refractivity contribution in [2.75, 3.05) is 11.6 Å². The van der Waals surface area contributed by atoms with Crippen LogP contribution in [0.3, 0.4) is 0 Å². The summed E-state index contributed by atoms with van der Waals surface area (Å²) in [5, 5.41) is 14.7. The van der Waals surface area contributed by atoms with Crippen molar-refractivity contribution in [2.24, 2.45) is 0 Å². The third kappa shape index (κ3) is 6.27. The second kappa shape index (κ2) is 7.56. The molecule has 0 radical (unpaired) electrons. The molecule has 116 valence electrons. The summed E-state index contributed by atoms with van der Waals surface area (Å²) in [4.78, 5) is 23.4. The number of rotatable bonds is 6. The van der Waals surface area contributed by atoms with Crippen molar-refractivity contribution >= 4 is 41.1 Å². The second-order valence-electron chi connectivity index (χ2n) is 5.21. The Morgan fingerprint density at radius 2 is 2.05 bits per heavy atom. The maximum absolute atomic E-state index is 11.9. The van der Waals surface area contributed by atoms with Crippen molar-refractivity contribution in [1.82, 2.24) is 5.32 Å². The molecule has 0 atom stereocenters. The van der Waals surface area contributed by atoms with Gasteiger partial charge in [-0.05, 0) is 44.7 Å². The first-order chi connectivity index (χ1) is 9.73. The van der Waals surface area contributed by atoms with E-state index in [-0.39, 0.29) is 6.42 Å². The lowest BCUT2D eigenvalue weighted by Gasteiger charge is -2.25. The Labute approximate surface area is 133 Å². The number of benzene rings is 1. The standard InChI is InChI=1S/C14H19ClN2O3S/c1-14(2,7-6-12(18)19)17-13(20)16-9-4-5-11(21-3)10(15)8-9/h4-5,8H,6-7H2,1-3H3,(H,18,19)(H2,16,17,20). The molecule has 0 saturated heterocycles. The number of carboxylic acid groups (broad SMARTS) is 1. The minimum Gasteiger partial charge on any atom is -0.481 e. The van der Waals surface area contributed by atoms with E-state index in [9.17, 15) is 9.59 Å². The van der Waals surface area contributed by atoms with E-state index in [4.69, 9.17) is 16.7 Å².